The number of hydrogen-bond donors (Lipinski definition) is 2. The van der Waals surface area contributed by atoms with Crippen LogP contribution >= 0.6 is 0 Å². The Balaban J connectivity index is 1.31. The predicted molar refractivity (Wildman–Crippen MR) is 95.4 cm³/mol. The van der Waals surface area contributed by atoms with Crippen LogP contribution in [0.4, 0.5) is 4.79 Å². The maximum absolute atomic E-state index is 12.4. The molecule has 2 fully saturated rings. The van der Waals surface area contributed by atoms with Crippen molar-refractivity contribution in [3.63, 3.8) is 0 Å². The standard InChI is InChI=1S/C19H29N3O3/c23-18(17-7-4-14-25-17)20-11-8-15-9-12-22(13-10-15)19(24)21-16-5-2-1-3-6-16/h4,7,14-16H,1-3,5-6,8-13H2,(H,20,23)(H,21,24). The Morgan fingerprint density at radius 1 is 1.12 bits per heavy atom. The van der Waals surface area contributed by atoms with E-state index in [1.54, 1.807) is 12.1 Å². The molecule has 1 aliphatic carbocycles. The van der Waals surface area contributed by atoms with Gasteiger partial charge < -0.3 is 20.0 Å². The summed E-state index contributed by atoms with van der Waals surface area (Å²) in [5, 5.41) is 6.09. The summed E-state index contributed by atoms with van der Waals surface area (Å²) in [5.41, 5.74) is 0. The molecule has 1 aromatic rings. The second kappa shape index (κ2) is 8.92. The molecule has 6 nitrogen and oxygen atoms in total. The fourth-order valence-electron chi connectivity index (χ4n) is 3.82. The van der Waals surface area contributed by atoms with E-state index in [2.05, 4.69) is 10.6 Å². The van der Waals surface area contributed by atoms with Gasteiger partial charge in [0.2, 0.25) is 0 Å². The summed E-state index contributed by atoms with van der Waals surface area (Å²) in [4.78, 5) is 26.1. The van der Waals surface area contributed by atoms with Crippen LogP contribution in [0.25, 0.3) is 0 Å². The lowest BCUT2D eigenvalue weighted by Gasteiger charge is -2.34. The molecule has 3 rings (SSSR count). The van der Waals surface area contributed by atoms with E-state index < -0.39 is 0 Å². The predicted octanol–water partition coefficient (Wildman–Crippen LogP) is 3.15. The van der Waals surface area contributed by atoms with Crippen LogP contribution in [0.1, 0.15) is 61.9 Å². The lowest BCUT2D eigenvalue weighted by Crippen LogP contribution is -2.48. The van der Waals surface area contributed by atoms with Gasteiger partial charge in [-0.05, 0) is 50.2 Å². The second-order valence-corrected chi connectivity index (χ2v) is 7.24. The van der Waals surface area contributed by atoms with Crippen molar-refractivity contribution in [3.8, 4) is 0 Å². The third-order valence-electron chi connectivity index (χ3n) is 5.42. The molecule has 0 unspecified atom stereocenters. The summed E-state index contributed by atoms with van der Waals surface area (Å²) in [6, 6.07) is 3.86. The Kier molecular flexibility index (Phi) is 6.36. The number of nitrogens with one attached hydrogen (secondary N) is 2. The highest BCUT2D eigenvalue weighted by atomic mass is 16.3. The van der Waals surface area contributed by atoms with E-state index in [1.165, 1.54) is 25.5 Å². The lowest BCUT2D eigenvalue weighted by atomic mass is 9.93. The number of carbonyl (C=O) groups excluding carboxylic acids is 2. The summed E-state index contributed by atoms with van der Waals surface area (Å²) in [6.07, 6.45) is 10.5. The molecule has 138 valence electrons. The molecule has 0 bridgehead atoms. The summed E-state index contributed by atoms with van der Waals surface area (Å²) in [5.74, 6) is 0.763. The van der Waals surface area contributed by atoms with Crippen molar-refractivity contribution >= 4 is 11.9 Å². The molecule has 3 amide bonds. The van der Waals surface area contributed by atoms with Crippen molar-refractivity contribution in [1.82, 2.24) is 15.5 Å². The number of nitrogens with zero attached hydrogens (tertiary/aromatic N) is 1. The molecule has 1 aromatic heterocycles. The monoisotopic (exact) mass is 347 g/mol. The minimum Gasteiger partial charge on any atom is -0.459 e. The zero-order valence-corrected chi connectivity index (χ0v) is 14.8. The van der Waals surface area contributed by atoms with Gasteiger partial charge in [-0.3, -0.25) is 4.79 Å². The smallest absolute Gasteiger partial charge is 0.317 e. The molecule has 1 saturated heterocycles. The number of urea groups is 1. The summed E-state index contributed by atoms with van der Waals surface area (Å²) in [7, 11) is 0. The minimum atomic E-state index is -0.158. The first-order valence-corrected chi connectivity index (χ1v) is 9.59. The third-order valence-corrected chi connectivity index (χ3v) is 5.42. The molecule has 6 heteroatoms. The molecule has 2 heterocycles. The van der Waals surface area contributed by atoms with Crippen molar-refractivity contribution in [2.75, 3.05) is 19.6 Å². The molecule has 1 saturated carbocycles. The first-order chi connectivity index (χ1) is 12.2. The summed E-state index contributed by atoms with van der Waals surface area (Å²) in [6.45, 7) is 2.28. The van der Waals surface area contributed by atoms with Crippen molar-refractivity contribution in [1.29, 1.82) is 0 Å². The van der Waals surface area contributed by atoms with Crippen LogP contribution in [-0.4, -0.2) is 42.5 Å². The van der Waals surface area contributed by atoms with Gasteiger partial charge in [0.05, 0.1) is 6.26 Å². The van der Waals surface area contributed by atoms with Crippen LogP contribution in [0.15, 0.2) is 22.8 Å². The largest absolute Gasteiger partial charge is 0.459 e. The van der Waals surface area contributed by atoms with Gasteiger partial charge in [-0.25, -0.2) is 4.79 Å². The average molecular weight is 347 g/mol. The third kappa shape index (κ3) is 5.25. The highest BCUT2D eigenvalue weighted by Gasteiger charge is 2.25. The van der Waals surface area contributed by atoms with Crippen LogP contribution in [0, 0.1) is 5.92 Å². The fourth-order valence-corrected chi connectivity index (χ4v) is 3.82. The SMILES string of the molecule is O=C(NCCC1CCN(C(=O)NC2CCCCC2)CC1)c1ccco1. The van der Waals surface area contributed by atoms with Gasteiger partial charge in [0.1, 0.15) is 0 Å². The number of hydrogen-bond acceptors (Lipinski definition) is 3. The molecule has 25 heavy (non-hydrogen) atoms. The van der Waals surface area contributed by atoms with E-state index in [-0.39, 0.29) is 11.9 Å². The Morgan fingerprint density at radius 3 is 2.56 bits per heavy atom. The van der Waals surface area contributed by atoms with E-state index in [0.717, 1.165) is 45.2 Å². The van der Waals surface area contributed by atoms with E-state index in [0.29, 0.717) is 24.3 Å². The molecule has 0 atom stereocenters. The zero-order valence-electron chi connectivity index (χ0n) is 14.8. The molecule has 0 aromatic carbocycles. The topological polar surface area (TPSA) is 74.6 Å². The van der Waals surface area contributed by atoms with Gasteiger partial charge in [-0.15, -0.1) is 0 Å². The van der Waals surface area contributed by atoms with E-state index >= 15 is 0 Å². The van der Waals surface area contributed by atoms with Gasteiger partial charge in [0.25, 0.3) is 5.91 Å². The van der Waals surface area contributed by atoms with Crippen LogP contribution < -0.4 is 10.6 Å². The van der Waals surface area contributed by atoms with Gasteiger partial charge in [-0.2, -0.15) is 0 Å². The molecule has 0 spiro atoms. The van der Waals surface area contributed by atoms with Gasteiger partial charge in [0.15, 0.2) is 5.76 Å². The molecule has 0 radical (unpaired) electrons. The highest BCUT2D eigenvalue weighted by Crippen LogP contribution is 2.21. The van der Waals surface area contributed by atoms with Gasteiger partial charge in [-0.1, -0.05) is 19.3 Å². The number of likely N-dealkylation sites (tertiary alicyclic amines) is 1. The Morgan fingerprint density at radius 2 is 1.88 bits per heavy atom. The Bertz CT molecular complexity index is 544. The van der Waals surface area contributed by atoms with E-state index in [9.17, 15) is 9.59 Å². The van der Waals surface area contributed by atoms with Gasteiger partial charge in [0, 0.05) is 25.7 Å². The molecule has 1 aliphatic heterocycles. The number of rotatable bonds is 5. The van der Waals surface area contributed by atoms with E-state index in [1.807, 2.05) is 4.90 Å². The van der Waals surface area contributed by atoms with Crippen LogP contribution in [-0.2, 0) is 0 Å². The first-order valence-electron chi connectivity index (χ1n) is 9.59. The quantitative estimate of drug-likeness (QED) is 0.859. The fraction of sp³-hybridized carbons (Fsp3) is 0.684. The first kappa shape index (κ1) is 17.8. The van der Waals surface area contributed by atoms with Crippen molar-refractivity contribution in [3.05, 3.63) is 24.2 Å². The number of piperidine rings is 1. The lowest BCUT2D eigenvalue weighted by molar-refractivity contribution is 0.0921. The van der Waals surface area contributed by atoms with Crippen LogP contribution in [0.2, 0.25) is 0 Å². The van der Waals surface area contributed by atoms with Crippen molar-refractivity contribution in [2.24, 2.45) is 5.92 Å². The Hall–Kier alpha value is -1.98. The summed E-state index contributed by atoms with van der Waals surface area (Å²) < 4.78 is 5.08. The Labute approximate surface area is 149 Å². The minimum absolute atomic E-state index is 0.108. The normalized spacial score (nSPS) is 19.6. The van der Waals surface area contributed by atoms with E-state index in [4.69, 9.17) is 4.42 Å². The molecular formula is C19H29N3O3. The maximum atomic E-state index is 12.4. The second-order valence-electron chi connectivity index (χ2n) is 7.24. The zero-order chi connectivity index (χ0) is 17.5. The summed E-state index contributed by atoms with van der Waals surface area (Å²) >= 11 is 0. The molecule has 2 N–H and O–H groups in total. The molecular weight excluding hydrogens is 318 g/mol. The molecule has 2 aliphatic rings. The number of carbonyl (C=O) groups is 2. The highest BCUT2D eigenvalue weighted by molar-refractivity contribution is 5.91. The number of amides is 3. The average Bonchev–Trinajstić information content (AvgIpc) is 3.18. The van der Waals surface area contributed by atoms with Crippen LogP contribution in [0.3, 0.4) is 0 Å². The maximum Gasteiger partial charge on any atom is 0.317 e. The van der Waals surface area contributed by atoms with Crippen molar-refractivity contribution < 1.29 is 14.0 Å². The van der Waals surface area contributed by atoms with Crippen molar-refractivity contribution in [2.45, 2.75) is 57.4 Å². The number of furan rings is 1. The van der Waals surface area contributed by atoms with Crippen LogP contribution in [0.5, 0.6) is 0 Å². The van der Waals surface area contributed by atoms with Gasteiger partial charge >= 0.3 is 6.03 Å².